The van der Waals surface area contributed by atoms with Crippen LogP contribution in [0.1, 0.15) is 6.92 Å². The van der Waals surface area contributed by atoms with Crippen molar-refractivity contribution in [1.82, 2.24) is 5.32 Å². The highest BCUT2D eigenvalue weighted by molar-refractivity contribution is 5.74. The predicted molar refractivity (Wildman–Crippen MR) is 36.5 cm³/mol. The van der Waals surface area contributed by atoms with E-state index >= 15 is 0 Å². The van der Waals surface area contributed by atoms with Crippen LogP contribution < -0.4 is 5.32 Å². The van der Waals surface area contributed by atoms with Crippen LogP contribution in [0.2, 0.25) is 0 Å². The number of halogens is 1. The maximum atomic E-state index is 11.4. The molecule has 0 heterocycles. The smallest absolute Gasteiger partial charge is 0.107 e. The molecule has 0 aliphatic heterocycles. The Morgan fingerprint density at radius 1 is 1.78 bits per heavy atom. The molecule has 0 unspecified atom stereocenters. The van der Waals surface area contributed by atoms with Crippen molar-refractivity contribution in [3.63, 3.8) is 0 Å². The molecule has 0 amide bonds. The Morgan fingerprint density at radius 2 is 2.44 bits per heavy atom. The van der Waals surface area contributed by atoms with Crippen LogP contribution in [0.15, 0.2) is 11.8 Å². The second-order valence-corrected chi connectivity index (χ2v) is 1.68. The summed E-state index contributed by atoms with van der Waals surface area (Å²) in [5, 5.41) is 9.41. The first-order valence-corrected chi connectivity index (χ1v) is 2.78. The van der Waals surface area contributed by atoms with Crippen LogP contribution in [0, 0.1) is 5.41 Å². The molecule has 0 aliphatic carbocycles. The molecule has 0 aromatic heterocycles. The largest absolute Gasteiger partial charge is 0.388 e. The molecule has 0 aromatic rings. The van der Waals surface area contributed by atoms with Crippen molar-refractivity contribution < 1.29 is 4.39 Å². The molecule has 0 bridgehead atoms. The topological polar surface area (TPSA) is 35.9 Å². The third kappa shape index (κ3) is 5.00. The highest BCUT2D eigenvalue weighted by Gasteiger charge is 1.79. The Labute approximate surface area is 54.3 Å². The second-order valence-electron chi connectivity index (χ2n) is 1.68. The zero-order chi connectivity index (χ0) is 7.11. The molecule has 0 saturated carbocycles. The van der Waals surface area contributed by atoms with Crippen molar-refractivity contribution >= 4 is 6.21 Å². The van der Waals surface area contributed by atoms with Crippen LogP contribution in [-0.2, 0) is 0 Å². The molecule has 0 rings (SSSR count). The number of hydrogen-bond donors (Lipinski definition) is 2. The van der Waals surface area contributed by atoms with Gasteiger partial charge < -0.3 is 10.7 Å². The van der Waals surface area contributed by atoms with E-state index in [-0.39, 0.29) is 6.67 Å². The van der Waals surface area contributed by atoms with Gasteiger partial charge >= 0.3 is 0 Å². The van der Waals surface area contributed by atoms with Gasteiger partial charge in [0.2, 0.25) is 0 Å². The SMILES string of the molecule is C/C(C=N)=C/NCCF. The van der Waals surface area contributed by atoms with Crippen molar-refractivity contribution in [2.75, 3.05) is 13.2 Å². The van der Waals surface area contributed by atoms with Crippen LogP contribution in [0.3, 0.4) is 0 Å². The summed E-state index contributed by atoms with van der Waals surface area (Å²) in [6, 6.07) is 0. The second kappa shape index (κ2) is 5.28. The van der Waals surface area contributed by atoms with Gasteiger partial charge in [-0.3, -0.25) is 0 Å². The number of rotatable bonds is 4. The van der Waals surface area contributed by atoms with Gasteiger partial charge in [0, 0.05) is 19.0 Å². The zero-order valence-electron chi connectivity index (χ0n) is 5.45. The maximum absolute atomic E-state index is 11.4. The molecule has 52 valence electrons. The highest BCUT2D eigenvalue weighted by atomic mass is 19.1. The van der Waals surface area contributed by atoms with Crippen LogP contribution >= 0.6 is 0 Å². The number of allylic oxidation sites excluding steroid dienone is 1. The van der Waals surface area contributed by atoms with E-state index in [1.807, 2.05) is 0 Å². The van der Waals surface area contributed by atoms with E-state index in [1.165, 1.54) is 6.21 Å². The monoisotopic (exact) mass is 130 g/mol. The molecule has 9 heavy (non-hydrogen) atoms. The van der Waals surface area contributed by atoms with Crippen molar-refractivity contribution in [2.24, 2.45) is 0 Å². The van der Waals surface area contributed by atoms with E-state index in [0.29, 0.717) is 6.54 Å². The molecule has 0 radical (unpaired) electrons. The van der Waals surface area contributed by atoms with E-state index in [2.05, 4.69) is 5.32 Å². The quantitative estimate of drug-likeness (QED) is 0.434. The fourth-order valence-corrected chi connectivity index (χ4v) is 0.329. The van der Waals surface area contributed by atoms with Crippen molar-refractivity contribution in [1.29, 1.82) is 5.41 Å². The molecule has 0 saturated heterocycles. The molecule has 2 nitrogen and oxygen atoms in total. The Hall–Kier alpha value is -0.860. The molecule has 0 aromatic carbocycles. The first-order valence-electron chi connectivity index (χ1n) is 2.78. The minimum absolute atomic E-state index is 0.325. The summed E-state index contributed by atoms with van der Waals surface area (Å²) in [6.07, 6.45) is 2.83. The van der Waals surface area contributed by atoms with Gasteiger partial charge in [-0.05, 0) is 12.5 Å². The maximum Gasteiger partial charge on any atom is 0.107 e. The third-order valence-corrected chi connectivity index (χ3v) is 0.796. The lowest BCUT2D eigenvalue weighted by Gasteiger charge is -1.93. The fraction of sp³-hybridized carbons (Fsp3) is 0.500. The van der Waals surface area contributed by atoms with Gasteiger partial charge in [-0.2, -0.15) is 0 Å². The number of alkyl halides is 1. The standard InChI is InChI=1S/C6H11FN2/c1-6(4-8)5-9-3-2-7/h4-5,8-9H,2-3H2,1H3/b6-5-,8-4?. The van der Waals surface area contributed by atoms with Crippen LogP contribution in [0.25, 0.3) is 0 Å². The van der Waals surface area contributed by atoms with E-state index in [1.54, 1.807) is 13.1 Å². The summed E-state index contributed by atoms with van der Waals surface area (Å²) in [6.45, 7) is 1.73. The first kappa shape index (κ1) is 8.14. The van der Waals surface area contributed by atoms with Gasteiger partial charge in [0.15, 0.2) is 0 Å². The van der Waals surface area contributed by atoms with Crippen LogP contribution in [0.5, 0.6) is 0 Å². The molecule has 2 N–H and O–H groups in total. The normalized spacial score (nSPS) is 11.1. The highest BCUT2D eigenvalue weighted by Crippen LogP contribution is 1.80. The number of hydrogen-bond acceptors (Lipinski definition) is 2. The molecule has 0 spiro atoms. The summed E-state index contributed by atoms with van der Waals surface area (Å²) >= 11 is 0. The molecular formula is C6H11FN2. The van der Waals surface area contributed by atoms with Gasteiger partial charge in [-0.15, -0.1) is 0 Å². The van der Waals surface area contributed by atoms with Crippen molar-refractivity contribution in [3.05, 3.63) is 11.8 Å². The van der Waals surface area contributed by atoms with E-state index < -0.39 is 0 Å². The van der Waals surface area contributed by atoms with Gasteiger partial charge in [0.05, 0.1) is 0 Å². The minimum Gasteiger partial charge on any atom is -0.388 e. The lowest BCUT2D eigenvalue weighted by atomic mass is 10.4. The van der Waals surface area contributed by atoms with Crippen LogP contribution in [-0.4, -0.2) is 19.4 Å². The fourth-order valence-electron chi connectivity index (χ4n) is 0.329. The van der Waals surface area contributed by atoms with Gasteiger partial charge in [0.25, 0.3) is 0 Å². The third-order valence-electron chi connectivity index (χ3n) is 0.796. The lowest BCUT2D eigenvalue weighted by molar-refractivity contribution is 0.486. The summed E-state index contributed by atoms with van der Waals surface area (Å²) in [7, 11) is 0. The summed E-state index contributed by atoms with van der Waals surface area (Å²) in [5.41, 5.74) is 0.795. The Bertz CT molecular complexity index is 110. The molecule has 0 fully saturated rings. The first-order chi connectivity index (χ1) is 4.31. The summed E-state index contributed by atoms with van der Waals surface area (Å²) < 4.78 is 11.4. The van der Waals surface area contributed by atoms with Gasteiger partial charge in [-0.1, -0.05) is 0 Å². The zero-order valence-corrected chi connectivity index (χ0v) is 5.45. The molecule has 0 aliphatic rings. The van der Waals surface area contributed by atoms with Gasteiger partial charge in [0.1, 0.15) is 6.67 Å². The van der Waals surface area contributed by atoms with E-state index in [4.69, 9.17) is 5.41 Å². The average molecular weight is 130 g/mol. The average Bonchev–Trinajstić information content (AvgIpc) is 1.89. The summed E-state index contributed by atoms with van der Waals surface area (Å²) in [5.74, 6) is 0. The minimum atomic E-state index is -0.373. The number of nitrogens with one attached hydrogen (secondary N) is 2. The summed E-state index contributed by atoms with van der Waals surface area (Å²) in [4.78, 5) is 0. The van der Waals surface area contributed by atoms with Crippen molar-refractivity contribution in [3.8, 4) is 0 Å². The Balaban J connectivity index is 3.31. The van der Waals surface area contributed by atoms with E-state index in [0.717, 1.165) is 5.57 Å². The molecular weight excluding hydrogens is 119 g/mol. The predicted octanol–water partition coefficient (Wildman–Crippen LogP) is 1.10. The van der Waals surface area contributed by atoms with E-state index in [9.17, 15) is 4.39 Å². The Kier molecular flexibility index (Phi) is 4.78. The molecule has 0 atom stereocenters. The van der Waals surface area contributed by atoms with Gasteiger partial charge in [-0.25, -0.2) is 4.39 Å². The van der Waals surface area contributed by atoms with Crippen molar-refractivity contribution in [2.45, 2.75) is 6.92 Å². The van der Waals surface area contributed by atoms with Crippen LogP contribution in [0.4, 0.5) is 4.39 Å². The molecule has 3 heteroatoms. The Morgan fingerprint density at radius 3 is 2.89 bits per heavy atom. The lowest BCUT2D eigenvalue weighted by Crippen LogP contribution is -2.09.